The monoisotopic (exact) mass is 450 g/mol. The summed E-state index contributed by atoms with van der Waals surface area (Å²) in [5.41, 5.74) is 0.0439. The van der Waals surface area contributed by atoms with Crippen molar-refractivity contribution in [2.45, 2.75) is 43.0 Å². The predicted octanol–water partition coefficient (Wildman–Crippen LogP) is 4.78. The smallest absolute Gasteiger partial charge is 0.417 e. The number of nitrogens with two attached hydrogens (primary N) is 1. The summed E-state index contributed by atoms with van der Waals surface area (Å²) in [6.45, 7) is 0.877. The fraction of sp³-hybridized carbons (Fsp3) is 0.273. The number of halogens is 3. The van der Waals surface area contributed by atoms with E-state index in [9.17, 15) is 21.6 Å². The molecule has 2 N–H and O–H groups in total. The lowest BCUT2D eigenvalue weighted by molar-refractivity contribution is -0.137. The van der Waals surface area contributed by atoms with Crippen molar-refractivity contribution < 1.29 is 26.0 Å². The van der Waals surface area contributed by atoms with Crippen LogP contribution in [-0.2, 0) is 29.3 Å². The molecule has 0 unspecified atom stereocenters. The van der Waals surface area contributed by atoms with Gasteiger partial charge in [-0.05, 0) is 48.7 Å². The molecule has 0 amide bonds. The quantitative estimate of drug-likeness (QED) is 0.562. The van der Waals surface area contributed by atoms with E-state index in [1.165, 1.54) is 24.3 Å². The van der Waals surface area contributed by atoms with Gasteiger partial charge in [0.1, 0.15) is 11.5 Å². The zero-order valence-electron chi connectivity index (χ0n) is 16.5. The van der Waals surface area contributed by atoms with E-state index in [0.29, 0.717) is 24.9 Å². The van der Waals surface area contributed by atoms with Gasteiger partial charge in [-0.3, -0.25) is 4.90 Å². The third-order valence-corrected chi connectivity index (χ3v) is 6.11. The molecule has 1 aliphatic carbocycles. The fourth-order valence-electron chi connectivity index (χ4n) is 3.56. The maximum atomic E-state index is 13.3. The summed E-state index contributed by atoms with van der Waals surface area (Å²) in [5.74, 6) is 0.705. The first-order valence-corrected chi connectivity index (χ1v) is 11.3. The van der Waals surface area contributed by atoms with E-state index in [-0.39, 0.29) is 16.2 Å². The molecule has 31 heavy (non-hydrogen) atoms. The highest BCUT2D eigenvalue weighted by molar-refractivity contribution is 7.89. The average Bonchev–Trinajstić information content (AvgIpc) is 3.45. The third kappa shape index (κ3) is 5.17. The van der Waals surface area contributed by atoms with Gasteiger partial charge in [0.05, 0.1) is 17.0 Å². The van der Waals surface area contributed by atoms with E-state index in [2.05, 4.69) is 4.90 Å². The first kappa shape index (κ1) is 21.6. The molecule has 0 bridgehead atoms. The Morgan fingerprint density at radius 1 is 1.00 bits per heavy atom. The van der Waals surface area contributed by atoms with Crippen LogP contribution >= 0.6 is 0 Å². The van der Waals surface area contributed by atoms with Crippen molar-refractivity contribution in [3.05, 3.63) is 77.6 Å². The highest BCUT2D eigenvalue weighted by Gasteiger charge is 2.34. The Kier molecular flexibility index (Phi) is 5.67. The molecule has 1 aliphatic rings. The van der Waals surface area contributed by atoms with Crippen LogP contribution in [0.25, 0.3) is 11.3 Å². The number of rotatable bonds is 7. The van der Waals surface area contributed by atoms with Gasteiger partial charge >= 0.3 is 6.18 Å². The summed E-state index contributed by atoms with van der Waals surface area (Å²) in [5, 5.41) is 5.22. The van der Waals surface area contributed by atoms with Gasteiger partial charge in [-0.25, -0.2) is 13.6 Å². The lowest BCUT2D eigenvalue weighted by atomic mass is 10.1. The Hall–Kier alpha value is -2.62. The molecule has 0 radical (unpaired) electrons. The van der Waals surface area contributed by atoms with Crippen molar-refractivity contribution in [2.75, 3.05) is 0 Å². The molecule has 1 saturated carbocycles. The average molecular weight is 450 g/mol. The zero-order valence-corrected chi connectivity index (χ0v) is 17.3. The number of primary sulfonamides is 1. The van der Waals surface area contributed by atoms with E-state index < -0.39 is 21.8 Å². The van der Waals surface area contributed by atoms with Gasteiger partial charge in [-0.1, -0.05) is 30.3 Å². The molecular weight excluding hydrogens is 429 g/mol. The molecule has 0 aliphatic heterocycles. The number of sulfonamides is 1. The van der Waals surface area contributed by atoms with Gasteiger partial charge in [-0.2, -0.15) is 13.2 Å². The van der Waals surface area contributed by atoms with Crippen LogP contribution in [0.1, 0.15) is 29.7 Å². The molecule has 0 saturated heterocycles. The van der Waals surface area contributed by atoms with Crippen LogP contribution in [0.5, 0.6) is 0 Å². The Morgan fingerprint density at radius 2 is 1.74 bits per heavy atom. The van der Waals surface area contributed by atoms with E-state index >= 15 is 0 Å². The summed E-state index contributed by atoms with van der Waals surface area (Å²) in [6.07, 6.45) is -2.48. The molecular formula is C22H21F3N2O3S. The van der Waals surface area contributed by atoms with Crippen LogP contribution in [0, 0.1) is 0 Å². The summed E-state index contributed by atoms with van der Waals surface area (Å²) in [6, 6.07) is 15.3. The lowest BCUT2D eigenvalue weighted by Crippen LogP contribution is -2.25. The van der Waals surface area contributed by atoms with Crippen LogP contribution < -0.4 is 5.14 Å². The van der Waals surface area contributed by atoms with Gasteiger partial charge in [0.2, 0.25) is 10.0 Å². The topological polar surface area (TPSA) is 76.5 Å². The molecule has 0 spiro atoms. The van der Waals surface area contributed by atoms with Crippen molar-refractivity contribution in [1.29, 1.82) is 0 Å². The minimum absolute atomic E-state index is 0.0000699. The summed E-state index contributed by atoms with van der Waals surface area (Å²) >= 11 is 0. The van der Waals surface area contributed by atoms with Crippen molar-refractivity contribution in [3.63, 3.8) is 0 Å². The summed E-state index contributed by atoms with van der Waals surface area (Å²) in [7, 11) is -3.80. The highest BCUT2D eigenvalue weighted by atomic mass is 32.2. The minimum atomic E-state index is -4.47. The Balaban J connectivity index is 1.55. The third-order valence-electron chi connectivity index (χ3n) is 5.19. The molecule has 164 valence electrons. The second kappa shape index (κ2) is 8.14. The van der Waals surface area contributed by atoms with Gasteiger partial charge < -0.3 is 4.42 Å². The molecule has 3 aromatic rings. The van der Waals surface area contributed by atoms with Crippen LogP contribution in [0.3, 0.4) is 0 Å². The van der Waals surface area contributed by atoms with E-state index in [1.54, 1.807) is 24.3 Å². The largest absolute Gasteiger partial charge is 0.460 e. The van der Waals surface area contributed by atoms with Crippen LogP contribution in [-0.4, -0.2) is 19.4 Å². The maximum absolute atomic E-state index is 13.3. The second-order valence-electron chi connectivity index (χ2n) is 7.64. The molecule has 4 rings (SSSR count). The van der Waals surface area contributed by atoms with Crippen molar-refractivity contribution >= 4 is 10.0 Å². The first-order valence-electron chi connectivity index (χ1n) is 9.72. The van der Waals surface area contributed by atoms with Crippen LogP contribution in [0.4, 0.5) is 13.2 Å². The predicted molar refractivity (Wildman–Crippen MR) is 109 cm³/mol. The minimum Gasteiger partial charge on any atom is -0.460 e. The molecule has 0 atom stereocenters. The molecule has 1 fully saturated rings. The van der Waals surface area contributed by atoms with Crippen molar-refractivity contribution in [2.24, 2.45) is 5.14 Å². The molecule has 1 heterocycles. The van der Waals surface area contributed by atoms with Crippen LogP contribution in [0.2, 0.25) is 0 Å². The number of hydrogen-bond donors (Lipinski definition) is 1. The maximum Gasteiger partial charge on any atom is 0.417 e. The van der Waals surface area contributed by atoms with E-state index in [0.717, 1.165) is 24.5 Å². The number of furan rings is 1. The van der Waals surface area contributed by atoms with Gasteiger partial charge in [0.15, 0.2) is 0 Å². The van der Waals surface area contributed by atoms with Gasteiger partial charge in [0.25, 0.3) is 0 Å². The Labute approximate surface area is 178 Å². The molecule has 1 aromatic heterocycles. The second-order valence-corrected chi connectivity index (χ2v) is 9.20. The molecule has 9 heteroatoms. The fourth-order valence-corrected chi connectivity index (χ4v) is 4.15. The normalized spacial score (nSPS) is 14.9. The van der Waals surface area contributed by atoms with Crippen molar-refractivity contribution in [3.8, 4) is 11.3 Å². The number of nitrogens with zero attached hydrogens (tertiary/aromatic N) is 1. The zero-order chi connectivity index (χ0) is 22.2. The van der Waals surface area contributed by atoms with E-state index in [1.807, 2.05) is 6.07 Å². The summed E-state index contributed by atoms with van der Waals surface area (Å²) < 4.78 is 69.0. The lowest BCUT2D eigenvalue weighted by Gasteiger charge is -2.21. The highest BCUT2D eigenvalue weighted by Crippen LogP contribution is 2.38. The number of alkyl halides is 3. The SMILES string of the molecule is NS(=O)(=O)c1cccc(CN(Cc2ccc(-c3ccccc3C(F)(F)F)o2)C2CC2)c1. The van der Waals surface area contributed by atoms with Gasteiger partial charge in [0, 0.05) is 18.2 Å². The Bertz CT molecular complexity index is 1180. The van der Waals surface area contributed by atoms with Crippen molar-refractivity contribution in [1.82, 2.24) is 4.90 Å². The standard InChI is InChI=1S/C22H21F3N2O3S/c23-22(24,25)20-7-2-1-6-19(20)21-11-10-17(30-21)14-27(16-8-9-16)13-15-4-3-5-18(12-15)31(26,28)29/h1-7,10-12,16H,8-9,13-14H2,(H2,26,28,29). The Morgan fingerprint density at radius 3 is 2.42 bits per heavy atom. The van der Waals surface area contributed by atoms with Crippen LogP contribution in [0.15, 0.2) is 70.0 Å². The van der Waals surface area contributed by atoms with Gasteiger partial charge in [-0.15, -0.1) is 0 Å². The number of benzene rings is 2. The van der Waals surface area contributed by atoms with E-state index in [4.69, 9.17) is 9.56 Å². The molecule has 5 nitrogen and oxygen atoms in total. The number of hydrogen-bond acceptors (Lipinski definition) is 4. The summed E-state index contributed by atoms with van der Waals surface area (Å²) in [4.78, 5) is 2.17. The first-order chi connectivity index (χ1) is 14.6. The molecule has 2 aromatic carbocycles.